The van der Waals surface area contributed by atoms with Gasteiger partial charge in [-0.2, -0.15) is 0 Å². The molecule has 1 aromatic heterocycles. The smallest absolute Gasteiger partial charge is 0.266 e. The molecule has 0 spiro atoms. The Morgan fingerprint density at radius 2 is 1.62 bits per heavy atom. The second kappa shape index (κ2) is 6.99. The number of imide groups is 1. The molecule has 7 heteroatoms. The highest BCUT2D eigenvalue weighted by molar-refractivity contribution is 6.30. The SMILES string of the molecule is O=C1[C@H]2[C@H](ON(c3ccc(Cl)cc3)[C@@H]2c2cccnc2)C(=O)N1c1ccccc1. The molecule has 5 rings (SSSR count). The molecule has 144 valence electrons. The van der Waals surface area contributed by atoms with Crippen LogP contribution in [0.2, 0.25) is 5.02 Å². The fraction of sp³-hybridized carbons (Fsp3) is 0.136. The van der Waals surface area contributed by atoms with Crippen LogP contribution in [-0.2, 0) is 14.4 Å². The van der Waals surface area contributed by atoms with Crippen LogP contribution in [-0.4, -0.2) is 22.9 Å². The summed E-state index contributed by atoms with van der Waals surface area (Å²) in [7, 11) is 0. The van der Waals surface area contributed by atoms with Crippen molar-refractivity contribution in [3.05, 3.63) is 89.7 Å². The van der Waals surface area contributed by atoms with Gasteiger partial charge in [-0.1, -0.05) is 35.9 Å². The summed E-state index contributed by atoms with van der Waals surface area (Å²) in [5.41, 5.74) is 2.05. The van der Waals surface area contributed by atoms with Crippen molar-refractivity contribution in [2.45, 2.75) is 12.1 Å². The molecule has 2 aliphatic rings. The molecule has 3 heterocycles. The van der Waals surface area contributed by atoms with Gasteiger partial charge in [0, 0.05) is 17.4 Å². The van der Waals surface area contributed by atoms with E-state index >= 15 is 0 Å². The minimum absolute atomic E-state index is 0.281. The number of para-hydroxylation sites is 1. The Morgan fingerprint density at radius 3 is 2.31 bits per heavy atom. The van der Waals surface area contributed by atoms with Crippen molar-refractivity contribution in [1.29, 1.82) is 0 Å². The van der Waals surface area contributed by atoms with Crippen LogP contribution in [0, 0.1) is 5.92 Å². The third-order valence-corrected chi connectivity index (χ3v) is 5.49. The number of hydrogen-bond donors (Lipinski definition) is 0. The Hall–Kier alpha value is -3.22. The van der Waals surface area contributed by atoms with Gasteiger partial charge in [0.05, 0.1) is 17.4 Å². The number of pyridine rings is 1. The van der Waals surface area contributed by atoms with Gasteiger partial charge in [-0.05, 0) is 48.0 Å². The van der Waals surface area contributed by atoms with Gasteiger partial charge >= 0.3 is 0 Å². The minimum atomic E-state index is -0.899. The van der Waals surface area contributed by atoms with Gasteiger partial charge in [0.25, 0.3) is 5.91 Å². The maximum Gasteiger partial charge on any atom is 0.266 e. The van der Waals surface area contributed by atoms with E-state index in [2.05, 4.69) is 4.98 Å². The van der Waals surface area contributed by atoms with E-state index in [1.807, 2.05) is 12.1 Å². The second-order valence-corrected chi connectivity index (χ2v) is 7.37. The molecule has 3 atom stereocenters. The average molecular weight is 406 g/mol. The number of halogens is 1. The Labute approximate surface area is 172 Å². The predicted octanol–water partition coefficient (Wildman–Crippen LogP) is 3.79. The van der Waals surface area contributed by atoms with Crippen molar-refractivity contribution in [1.82, 2.24) is 4.98 Å². The van der Waals surface area contributed by atoms with Crippen LogP contribution in [0.5, 0.6) is 0 Å². The summed E-state index contributed by atoms with van der Waals surface area (Å²) in [4.78, 5) is 38.0. The molecule has 6 nitrogen and oxygen atoms in total. The van der Waals surface area contributed by atoms with Crippen LogP contribution in [0.25, 0.3) is 0 Å². The molecular formula is C22H16ClN3O3. The molecule has 2 saturated heterocycles. The van der Waals surface area contributed by atoms with Crippen molar-refractivity contribution in [3.8, 4) is 0 Å². The molecule has 0 N–H and O–H groups in total. The largest absolute Gasteiger partial charge is 0.273 e. The lowest BCUT2D eigenvalue weighted by molar-refractivity contribution is -0.126. The lowest BCUT2D eigenvalue weighted by Gasteiger charge is -2.28. The third kappa shape index (κ3) is 2.88. The van der Waals surface area contributed by atoms with Gasteiger partial charge in [0.2, 0.25) is 5.91 Å². The van der Waals surface area contributed by atoms with E-state index in [1.165, 1.54) is 4.90 Å². The van der Waals surface area contributed by atoms with Crippen LogP contribution in [0.15, 0.2) is 79.1 Å². The molecule has 2 amide bonds. The van der Waals surface area contributed by atoms with Crippen molar-refractivity contribution in [2.75, 3.05) is 9.96 Å². The van der Waals surface area contributed by atoms with E-state index in [1.54, 1.807) is 72.1 Å². The molecule has 29 heavy (non-hydrogen) atoms. The normalized spacial score (nSPS) is 23.6. The van der Waals surface area contributed by atoms with Gasteiger partial charge in [-0.15, -0.1) is 0 Å². The number of hydroxylamine groups is 1. The summed E-state index contributed by atoms with van der Waals surface area (Å²) in [6, 6.07) is 19.2. The zero-order valence-corrected chi connectivity index (χ0v) is 15.9. The second-order valence-electron chi connectivity index (χ2n) is 6.93. The molecule has 0 saturated carbocycles. The maximum absolute atomic E-state index is 13.4. The Bertz CT molecular complexity index is 1060. The van der Waals surface area contributed by atoms with Gasteiger partial charge in [0.15, 0.2) is 6.10 Å². The Kier molecular flexibility index (Phi) is 4.30. The molecule has 3 aromatic rings. The van der Waals surface area contributed by atoms with Crippen molar-refractivity contribution in [3.63, 3.8) is 0 Å². The fourth-order valence-electron chi connectivity index (χ4n) is 3.95. The first-order chi connectivity index (χ1) is 14.1. The summed E-state index contributed by atoms with van der Waals surface area (Å²) < 4.78 is 0. The zero-order valence-electron chi connectivity index (χ0n) is 15.2. The molecule has 2 aliphatic heterocycles. The number of rotatable bonds is 3. The van der Waals surface area contributed by atoms with Crippen LogP contribution in [0.4, 0.5) is 11.4 Å². The number of benzene rings is 2. The molecule has 0 radical (unpaired) electrons. The number of nitrogens with zero attached hydrogens (tertiary/aromatic N) is 3. The summed E-state index contributed by atoms with van der Waals surface area (Å²) in [6.07, 6.45) is 2.47. The quantitative estimate of drug-likeness (QED) is 0.620. The maximum atomic E-state index is 13.4. The van der Waals surface area contributed by atoms with Crippen LogP contribution in [0.3, 0.4) is 0 Å². The molecule has 2 aromatic carbocycles. The molecule has 0 unspecified atom stereocenters. The minimum Gasteiger partial charge on any atom is -0.273 e. The number of fused-ring (bicyclic) bond motifs is 1. The summed E-state index contributed by atoms with van der Waals surface area (Å²) in [5.74, 6) is -1.32. The topological polar surface area (TPSA) is 62.7 Å². The van der Waals surface area contributed by atoms with Crippen molar-refractivity contribution in [2.24, 2.45) is 5.92 Å². The number of hydrogen-bond acceptors (Lipinski definition) is 5. The Morgan fingerprint density at radius 1 is 0.862 bits per heavy atom. The molecular weight excluding hydrogens is 390 g/mol. The van der Waals surface area contributed by atoms with E-state index in [-0.39, 0.29) is 11.8 Å². The van der Waals surface area contributed by atoms with Gasteiger partial charge in [0.1, 0.15) is 5.92 Å². The van der Waals surface area contributed by atoms with E-state index in [0.29, 0.717) is 16.4 Å². The van der Waals surface area contributed by atoms with E-state index < -0.39 is 18.1 Å². The number of aromatic nitrogens is 1. The number of amides is 2. The highest BCUT2D eigenvalue weighted by Gasteiger charge is 2.60. The van der Waals surface area contributed by atoms with Crippen LogP contribution in [0.1, 0.15) is 11.6 Å². The molecule has 2 fully saturated rings. The summed E-state index contributed by atoms with van der Waals surface area (Å²) in [6.45, 7) is 0. The first-order valence-electron chi connectivity index (χ1n) is 9.19. The first kappa shape index (κ1) is 17.8. The Balaban J connectivity index is 1.58. The number of carbonyl (C=O) groups is 2. The number of anilines is 2. The lowest BCUT2D eigenvalue weighted by atomic mass is 9.91. The van der Waals surface area contributed by atoms with E-state index in [0.717, 1.165) is 5.56 Å². The van der Waals surface area contributed by atoms with Gasteiger partial charge in [-0.25, -0.2) is 9.96 Å². The van der Waals surface area contributed by atoms with Crippen molar-refractivity contribution < 1.29 is 14.4 Å². The highest BCUT2D eigenvalue weighted by atomic mass is 35.5. The zero-order chi connectivity index (χ0) is 20.0. The molecule has 0 bridgehead atoms. The summed E-state index contributed by atoms with van der Waals surface area (Å²) in [5, 5.41) is 2.22. The van der Waals surface area contributed by atoms with Crippen LogP contribution < -0.4 is 9.96 Å². The van der Waals surface area contributed by atoms with Gasteiger partial charge in [-0.3, -0.25) is 19.4 Å². The molecule has 0 aliphatic carbocycles. The monoisotopic (exact) mass is 405 g/mol. The summed E-state index contributed by atoms with van der Waals surface area (Å²) >= 11 is 6.02. The van der Waals surface area contributed by atoms with Crippen LogP contribution >= 0.6 is 11.6 Å². The first-order valence-corrected chi connectivity index (χ1v) is 9.57. The average Bonchev–Trinajstić information content (AvgIpc) is 3.26. The fourth-order valence-corrected chi connectivity index (χ4v) is 4.07. The standard InChI is InChI=1S/C22H16ClN3O3/c23-15-8-10-17(11-9-15)26-19(14-5-4-12-24-13-14)18-20(29-26)22(28)25(21(18)27)16-6-2-1-3-7-16/h1-13,18-20H/t18-,19-,20+/m1/s1. The van der Waals surface area contributed by atoms with Crippen molar-refractivity contribution >= 4 is 34.8 Å². The highest BCUT2D eigenvalue weighted by Crippen LogP contribution is 2.47. The van der Waals surface area contributed by atoms with E-state index in [9.17, 15) is 9.59 Å². The van der Waals surface area contributed by atoms with Gasteiger partial charge < -0.3 is 0 Å². The third-order valence-electron chi connectivity index (χ3n) is 5.24. The van der Waals surface area contributed by atoms with E-state index in [4.69, 9.17) is 16.4 Å². The lowest BCUT2D eigenvalue weighted by Crippen LogP contribution is -2.37. The predicted molar refractivity (Wildman–Crippen MR) is 108 cm³/mol. The number of carbonyl (C=O) groups excluding carboxylic acids is 2.